The van der Waals surface area contributed by atoms with Crippen LogP contribution in [0.3, 0.4) is 0 Å². The number of hydrogen-bond acceptors (Lipinski definition) is 1. The van der Waals surface area contributed by atoms with E-state index in [1.807, 2.05) is 0 Å². The molecule has 1 nitrogen and oxygen atoms in total. The third-order valence-electron chi connectivity index (χ3n) is 4.96. The van der Waals surface area contributed by atoms with Gasteiger partial charge in [-0.15, -0.1) is 0 Å². The largest absolute Gasteiger partial charge is 0.457 e. The summed E-state index contributed by atoms with van der Waals surface area (Å²) in [7, 11) is -3.21. The highest BCUT2D eigenvalue weighted by molar-refractivity contribution is 6.83. The Morgan fingerprint density at radius 3 is 1.38 bits per heavy atom. The predicted molar refractivity (Wildman–Crippen MR) is 111 cm³/mol. The van der Waals surface area contributed by atoms with Gasteiger partial charge in [0, 0.05) is 5.54 Å². The lowest BCUT2D eigenvalue weighted by Gasteiger charge is -2.47. The Morgan fingerprint density at radius 2 is 1.08 bits per heavy atom. The van der Waals surface area contributed by atoms with E-state index in [4.69, 9.17) is 4.12 Å². The van der Waals surface area contributed by atoms with Crippen molar-refractivity contribution in [1.29, 1.82) is 0 Å². The summed E-state index contributed by atoms with van der Waals surface area (Å²) in [6.45, 7) is 14.1. The number of benzene rings is 2. The minimum Gasteiger partial charge on any atom is -0.457 e. The van der Waals surface area contributed by atoms with Crippen LogP contribution in [-0.2, 0) is 4.12 Å². The smallest absolute Gasteiger partial charge is 0.196 e. The van der Waals surface area contributed by atoms with E-state index < -0.39 is 17.4 Å². The Kier molecular flexibility index (Phi) is 6.61. The summed E-state index contributed by atoms with van der Waals surface area (Å²) in [5, 5.41) is 0. The van der Waals surface area contributed by atoms with E-state index in [9.17, 15) is 0 Å². The summed E-state index contributed by atoms with van der Waals surface area (Å²) >= 11 is 0. The van der Waals surface area contributed by atoms with Gasteiger partial charge in [-0.3, -0.25) is 0 Å². The lowest BCUT2D eigenvalue weighted by molar-refractivity contribution is 0.499. The third-order valence-corrected chi connectivity index (χ3v) is 13.7. The highest BCUT2D eigenvalue weighted by Crippen LogP contribution is 2.47. The topological polar surface area (TPSA) is 9.23 Å². The summed E-state index contributed by atoms with van der Waals surface area (Å²) in [6, 6.07) is 22.0. The van der Waals surface area contributed by atoms with Crippen LogP contribution in [0.4, 0.5) is 0 Å². The van der Waals surface area contributed by atoms with Gasteiger partial charge >= 0.3 is 0 Å². The number of hydrogen-bond donors (Lipinski definition) is 0. The molecule has 2 rings (SSSR count). The van der Waals surface area contributed by atoms with Gasteiger partial charge in [0.15, 0.2) is 17.4 Å². The van der Waals surface area contributed by atoms with Gasteiger partial charge in [-0.25, -0.2) is 0 Å². The molecular weight excluding hydrogens is 324 g/mol. The molecule has 0 aromatic heterocycles. The zero-order valence-electron chi connectivity index (χ0n) is 16.0. The van der Waals surface area contributed by atoms with E-state index in [-0.39, 0.29) is 0 Å². The zero-order chi connectivity index (χ0) is 17.7. The molecule has 0 fully saturated rings. The van der Waals surface area contributed by atoms with Crippen LogP contribution in [0.5, 0.6) is 0 Å². The van der Waals surface area contributed by atoms with Gasteiger partial charge in [0.1, 0.15) is 0 Å². The summed E-state index contributed by atoms with van der Waals surface area (Å²) in [4.78, 5) is 0. The summed E-state index contributed by atoms with van der Waals surface area (Å²) in [5.41, 5.74) is 4.34. The first-order valence-corrected chi connectivity index (χ1v) is 14.1. The molecule has 0 bridgehead atoms. The Balaban J connectivity index is 2.70. The molecule has 2 aromatic carbocycles. The molecule has 2 aromatic rings. The third kappa shape index (κ3) is 3.90. The molecule has 24 heavy (non-hydrogen) atoms. The van der Waals surface area contributed by atoms with E-state index in [2.05, 4.69) is 101 Å². The molecule has 3 heteroatoms. The molecule has 0 heterocycles. The van der Waals surface area contributed by atoms with Crippen LogP contribution in [0.15, 0.2) is 60.7 Å². The van der Waals surface area contributed by atoms with Crippen molar-refractivity contribution >= 4 is 17.4 Å². The second-order valence-electron chi connectivity index (χ2n) is 7.58. The molecule has 0 saturated carbocycles. The van der Waals surface area contributed by atoms with Crippen LogP contribution in [0.25, 0.3) is 0 Å². The first kappa shape index (κ1) is 19.2. The Hall–Kier alpha value is -1.17. The molecule has 130 valence electrons. The van der Waals surface area contributed by atoms with Crippen molar-refractivity contribution in [2.24, 2.45) is 0 Å². The van der Waals surface area contributed by atoms with Gasteiger partial charge in [0.05, 0.1) is 0 Å². The highest BCUT2D eigenvalue weighted by Gasteiger charge is 2.50. The normalized spacial score (nSPS) is 12.6. The van der Waals surface area contributed by atoms with Gasteiger partial charge in [-0.2, -0.15) is 0 Å². The van der Waals surface area contributed by atoms with Gasteiger partial charge in [0.2, 0.25) is 0 Å². The quantitative estimate of drug-likeness (QED) is 0.543. The lowest BCUT2D eigenvalue weighted by Crippen LogP contribution is -2.53. The standard InChI is InChI=1S/C21H32OSi2/c1-17(2)24(18(3)4,22-23(5)6)21(19-13-9-7-10-14-19)20-15-11-8-12-16-20/h7-18,21,23H,1-6H3. The van der Waals surface area contributed by atoms with Crippen molar-refractivity contribution in [2.45, 2.75) is 57.4 Å². The second-order valence-corrected chi connectivity index (χ2v) is 15.2. The maximum atomic E-state index is 7.01. The van der Waals surface area contributed by atoms with Crippen molar-refractivity contribution in [3.05, 3.63) is 71.8 Å². The predicted octanol–water partition coefficient (Wildman–Crippen LogP) is 6.12. The van der Waals surface area contributed by atoms with Crippen molar-refractivity contribution < 1.29 is 4.12 Å². The minimum absolute atomic E-state index is 0.384. The van der Waals surface area contributed by atoms with E-state index in [0.717, 1.165) is 0 Å². The van der Waals surface area contributed by atoms with Gasteiger partial charge in [-0.1, -0.05) is 88.4 Å². The minimum atomic E-state index is -2.06. The number of rotatable bonds is 7. The van der Waals surface area contributed by atoms with E-state index >= 15 is 0 Å². The van der Waals surface area contributed by atoms with E-state index in [1.165, 1.54) is 11.1 Å². The van der Waals surface area contributed by atoms with Crippen LogP contribution in [0.2, 0.25) is 24.2 Å². The molecule has 0 spiro atoms. The summed E-state index contributed by atoms with van der Waals surface area (Å²) < 4.78 is 7.01. The fourth-order valence-electron chi connectivity index (χ4n) is 4.09. The van der Waals surface area contributed by atoms with Crippen molar-refractivity contribution in [3.63, 3.8) is 0 Å². The molecular formula is C21H32OSi2. The van der Waals surface area contributed by atoms with Crippen molar-refractivity contribution in [1.82, 2.24) is 0 Å². The van der Waals surface area contributed by atoms with E-state index in [0.29, 0.717) is 16.6 Å². The fourth-order valence-corrected chi connectivity index (χ4v) is 14.2. The van der Waals surface area contributed by atoms with Crippen LogP contribution in [-0.4, -0.2) is 17.4 Å². The average Bonchev–Trinajstić information content (AvgIpc) is 2.55. The maximum Gasteiger partial charge on any atom is 0.196 e. The van der Waals surface area contributed by atoms with Crippen LogP contribution in [0.1, 0.15) is 44.4 Å². The molecule has 0 radical (unpaired) electrons. The Bertz CT molecular complexity index is 561. The van der Waals surface area contributed by atoms with Crippen molar-refractivity contribution in [3.8, 4) is 0 Å². The first-order valence-electron chi connectivity index (χ1n) is 9.17. The van der Waals surface area contributed by atoms with Crippen LogP contribution >= 0.6 is 0 Å². The summed E-state index contributed by atoms with van der Waals surface area (Å²) in [5.74, 6) is 0. The molecule has 0 aliphatic heterocycles. The van der Waals surface area contributed by atoms with Gasteiger partial charge < -0.3 is 4.12 Å². The average molecular weight is 357 g/mol. The van der Waals surface area contributed by atoms with Crippen molar-refractivity contribution in [2.75, 3.05) is 0 Å². The molecule has 0 unspecified atom stereocenters. The molecule has 0 saturated heterocycles. The monoisotopic (exact) mass is 356 g/mol. The molecule has 0 atom stereocenters. The van der Waals surface area contributed by atoms with Crippen LogP contribution < -0.4 is 0 Å². The maximum absolute atomic E-state index is 7.01. The zero-order valence-corrected chi connectivity index (χ0v) is 18.1. The highest BCUT2D eigenvalue weighted by atomic mass is 28.4. The lowest BCUT2D eigenvalue weighted by atomic mass is 10.0. The van der Waals surface area contributed by atoms with E-state index in [1.54, 1.807) is 0 Å². The second kappa shape index (κ2) is 8.28. The first-order chi connectivity index (χ1) is 11.4. The fraction of sp³-hybridized carbons (Fsp3) is 0.429. The molecule has 0 N–H and O–H groups in total. The summed E-state index contributed by atoms with van der Waals surface area (Å²) in [6.07, 6.45) is 0. The van der Waals surface area contributed by atoms with Gasteiger partial charge in [-0.05, 0) is 35.3 Å². The molecule has 0 amide bonds. The Morgan fingerprint density at radius 1 is 0.708 bits per heavy atom. The SMILES string of the molecule is CC(C)[Si](O[SiH](C)C)(C(C)C)C(c1ccccc1)c1ccccc1. The molecule has 0 aliphatic carbocycles. The van der Waals surface area contributed by atoms with Gasteiger partial charge in [0.25, 0.3) is 0 Å². The Labute approximate surface area is 150 Å². The molecule has 0 aliphatic rings. The van der Waals surface area contributed by atoms with Crippen LogP contribution in [0, 0.1) is 0 Å².